The molecule has 5 heteroatoms. The van der Waals surface area contributed by atoms with Gasteiger partial charge in [0.15, 0.2) is 0 Å². The molecule has 1 aromatic carbocycles. The van der Waals surface area contributed by atoms with Crippen LogP contribution in [0.3, 0.4) is 0 Å². The summed E-state index contributed by atoms with van der Waals surface area (Å²) in [4.78, 5) is 14.5. The number of rotatable bonds is 6. The van der Waals surface area contributed by atoms with Gasteiger partial charge in [0.1, 0.15) is 0 Å². The monoisotopic (exact) mass is 307 g/mol. The van der Waals surface area contributed by atoms with E-state index in [1.807, 2.05) is 37.9 Å². The number of anilines is 1. The third kappa shape index (κ3) is 5.34. The van der Waals surface area contributed by atoms with E-state index in [2.05, 4.69) is 27.7 Å². The molecule has 1 aliphatic rings. The van der Waals surface area contributed by atoms with Gasteiger partial charge in [-0.2, -0.15) is 11.8 Å². The molecule has 4 nitrogen and oxygen atoms in total. The fourth-order valence-electron chi connectivity index (χ4n) is 2.43. The van der Waals surface area contributed by atoms with Crippen molar-refractivity contribution in [3.8, 4) is 0 Å². The lowest BCUT2D eigenvalue weighted by Crippen LogP contribution is -2.32. The zero-order valence-electron chi connectivity index (χ0n) is 12.9. The van der Waals surface area contributed by atoms with Crippen LogP contribution in [-0.2, 0) is 11.3 Å². The van der Waals surface area contributed by atoms with E-state index in [4.69, 9.17) is 0 Å². The smallest absolute Gasteiger partial charge is 0.228 e. The second-order valence-corrected chi connectivity index (χ2v) is 6.76. The van der Waals surface area contributed by atoms with E-state index < -0.39 is 0 Å². The van der Waals surface area contributed by atoms with Gasteiger partial charge in [0.2, 0.25) is 5.91 Å². The second kappa shape index (κ2) is 8.41. The Balaban J connectivity index is 1.92. The number of amides is 1. The first-order valence-electron chi connectivity index (χ1n) is 7.53. The summed E-state index contributed by atoms with van der Waals surface area (Å²) in [7, 11) is 1.86. The predicted octanol–water partition coefficient (Wildman–Crippen LogP) is 2.03. The third-order valence-corrected chi connectivity index (χ3v) is 4.60. The van der Waals surface area contributed by atoms with E-state index in [0.717, 1.165) is 25.3 Å². The van der Waals surface area contributed by atoms with Gasteiger partial charge in [0.25, 0.3) is 0 Å². The molecule has 1 fully saturated rings. The third-order valence-electron chi connectivity index (χ3n) is 3.66. The summed E-state index contributed by atoms with van der Waals surface area (Å²) in [6.07, 6.45) is 0. The largest absolute Gasteiger partial charge is 0.326 e. The molecule has 0 radical (unpaired) electrons. The quantitative estimate of drug-likeness (QED) is 0.844. The van der Waals surface area contributed by atoms with Crippen molar-refractivity contribution in [1.29, 1.82) is 0 Å². The number of hydrogen-bond donors (Lipinski definition) is 2. The first kappa shape index (κ1) is 16.3. The standard InChI is InChI=1S/C16H25N3OS/c1-13(11-17-2)16(20)18-15-5-3-4-14(10-15)12-19-6-8-21-9-7-19/h3-5,10,13,17H,6-9,11-12H2,1-2H3,(H,18,20). The Bertz CT molecular complexity index is 461. The van der Waals surface area contributed by atoms with Crippen molar-refractivity contribution in [2.45, 2.75) is 13.5 Å². The van der Waals surface area contributed by atoms with Crippen LogP contribution >= 0.6 is 11.8 Å². The maximum absolute atomic E-state index is 12.0. The molecule has 1 heterocycles. The topological polar surface area (TPSA) is 44.4 Å². The Morgan fingerprint density at radius 3 is 2.86 bits per heavy atom. The van der Waals surface area contributed by atoms with Gasteiger partial charge in [-0.1, -0.05) is 19.1 Å². The van der Waals surface area contributed by atoms with Gasteiger partial charge >= 0.3 is 0 Å². The fourth-order valence-corrected chi connectivity index (χ4v) is 3.41. The van der Waals surface area contributed by atoms with E-state index in [9.17, 15) is 4.79 Å². The minimum Gasteiger partial charge on any atom is -0.326 e. The molecule has 1 atom stereocenters. The molecule has 116 valence electrons. The highest BCUT2D eigenvalue weighted by atomic mass is 32.2. The van der Waals surface area contributed by atoms with Gasteiger partial charge in [-0.3, -0.25) is 9.69 Å². The molecule has 0 aliphatic carbocycles. The van der Waals surface area contributed by atoms with Crippen LogP contribution < -0.4 is 10.6 Å². The van der Waals surface area contributed by atoms with Gasteiger partial charge in [-0.25, -0.2) is 0 Å². The van der Waals surface area contributed by atoms with Crippen molar-refractivity contribution in [2.24, 2.45) is 5.92 Å². The van der Waals surface area contributed by atoms with E-state index >= 15 is 0 Å². The first-order chi connectivity index (χ1) is 10.2. The highest BCUT2D eigenvalue weighted by Crippen LogP contribution is 2.16. The van der Waals surface area contributed by atoms with Crippen LogP contribution in [0, 0.1) is 5.92 Å². The summed E-state index contributed by atoms with van der Waals surface area (Å²) in [6.45, 7) is 5.90. The number of benzene rings is 1. The maximum Gasteiger partial charge on any atom is 0.228 e. The first-order valence-corrected chi connectivity index (χ1v) is 8.69. The summed E-state index contributed by atoms with van der Waals surface area (Å²) in [5, 5.41) is 6.03. The fraction of sp³-hybridized carbons (Fsp3) is 0.562. The molecule has 21 heavy (non-hydrogen) atoms. The molecule has 0 saturated carbocycles. The Labute approximate surface area is 131 Å². The molecule has 2 N–H and O–H groups in total. The van der Waals surface area contributed by atoms with E-state index in [-0.39, 0.29) is 11.8 Å². The Morgan fingerprint density at radius 1 is 1.38 bits per heavy atom. The van der Waals surface area contributed by atoms with Crippen molar-refractivity contribution in [2.75, 3.05) is 43.5 Å². The van der Waals surface area contributed by atoms with Crippen molar-refractivity contribution in [3.05, 3.63) is 29.8 Å². The average molecular weight is 307 g/mol. The zero-order valence-corrected chi connectivity index (χ0v) is 13.7. The van der Waals surface area contributed by atoms with Crippen LogP contribution in [0.4, 0.5) is 5.69 Å². The number of nitrogens with one attached hydrogen (secondary N) is 2. The van der Waals surface area contributed by atoms with Crippen LogP contribution in [-0.4, -0.2) is 49.0 Å². The van der Waals surface area contributed by atoms with Crippen LogP contribution in [0.25, 0.3) is 0 Å². The number of thioether (sulfide) groups is 1. The van der Waals surface area contributed by atoms with E-state index in [1.165, 1.54) is 17.1 Å². The lowest BCUT2D eigenvalue weighted by molar-refractivity contribution is -0.119. The van der Waals surface area contributed by atoms with Gasteiger partial charge in [0.05, 0.1) is 0 Å². The summed E-state index contributed by atoms with van der Waals surface area (Å²) in [5.74, 6) is 2.48. The molecular formula is C16H25N3OS. The number of carbonyl (C=O) groups is 1. The van der Waals surface area contributed by atoms with Crippen molar-refractivity contribution >= 4 is 23.4 Å². The normalized spacial score (nSPS) is 17.4. The molecule has 2 rings (SSSR count). The minimum absolute atomic E-state index is 0.0298. The molecule has 0 aromatic heterocycles. The summed E-state index contributed by atoms with van der Waals surface area (Å²) < 4.78 is 0. The Morgan fingerprint density at radius 2 is 2.14 bits per heavy atom. The van der Waals surface area contributed by atoms with Crippen LogP contribution in [0.2, 0.25) is 0 Å². The van der Waals surface area contributed by atoms with E-state index in [1.54, 1.807) is 0 Å². The molecule has 0 bridgehead atoms. The lowest BCUT2D eigenvalue weighted by Gasteiger charge is -2.26. The molecule has 1 aromatic rings. The van der Waals surface area contributed by atoms with Crippen LogP contribution in [0.5, 0.6) is 0 Å². The average Bonchev–Trinajstić information content (AvgIpc) is 2.49. The van der Waals surface area contributed by atoms with Crippen molar-refractivity contribution in [1.82, 2.24) is 10.2 Å². The zero-order chi connectivity index (χ0) is 15.1. The van der Waals surface area contributed by atoms with Gasteiger partial charge in [-0.15, -0.1) is 0 Å². The summed E-state index contributed by atoms with van der Waals surface area (Å²) in [6, 6.07) is 8.20. The number of carbonyl (C=O) groups excluding carboxylic acids is 1. The summed E-state index contributed by atoms with van der Waals surface area (Å²) >= 11 is 2.02. The Hall–Kier alpha value is -1.04. The molecular weight excluding hydrogens is 282 g/mol. The predicted molar refractivity (Wildman–Crippen MR) is 90.8 cm³/mol. The van der Waals surface area contributed by atoms with Crippen LogP contribution in [0.15, 0.2) is 24.3 Å². The maximum atomic E-state index is 12.0. The number of nitrogens with zero attached hydrogens (tertiary/aromatic N) is 1. The Kier molecular flexibility index (Phi) is 6.54. The van der Waals surface area contributed by atoms with Crippen molar-refractivity contribution in [3.63, 3.8) is 0 Å². The second-order valence-electron chi connectivity index (χ2n) is 5.54. The molecule has 1 saturated heterocycles. The van der Waals surface area contributed by atoms with E-state index in [0.29, 0.717) is 6.54 Å². The lowest BCUT2D eigenvalue weighted by atomic mass is 10.1. The molecule has 1 unspecified atom stereocenters. The SMILES string of the molecule is CNCC(C)C(=O)Nc1cccc(CN2CCSCC2)c1. The van der Waals surface area contributed by atoms with Gasteiger partial charge in [-0.05, 0) is 24.7 Å². The number of hydrogen-bond acceptors (Lipinski definition) is 4. The highest BCUT2D eigenvalue weighted by molar-refractivity contribution is 7.99. The van der Waals surface area contributed by atoms with Crippen molar-refractivity contribution < 1.29 is 4.79 Å². The molecule has 1 amide bonds. The highest BCUT2D eigenvalue weighted by Gasteiger charge is 2.13. The summed E-state index contributed by atoms with van der Waals surface area (Å²) in [5.41, 5.74) is 2.16. The molecule has 0 spiro atoms. The molecule has 1 aliphatic heterocycles. The minimum atomic E-state index is -0.0298. The van der Waals surface area contributed by atoms with Crippen LogP contribution in [0.1, 0.15) is 12.5 Å². The van der Waals surface area contributed by atoms with Gasteiger partial charge in [0, 0.05) is 49.3 Å². The van der Waals surface area contributed by atoms with Gasteiger partial charge < -0.3 is 10.6 Å².